The van der Waals surface area contributed by atoms with E-state index in [1.165, 1.54) is 54.3 Å². The fourth-order valence-corrected chi connectivity index (χ4v) is 3.43. The van der Waals surface area contributed by atoms with Crippen molar-refractivity contribution in [3.8, 4) is 0 Å². The number of sulfonamides is 1. The molecule has 2 aromatic carbocycles. The Morgan fingerprint density at radius 1 is 1.08 bits per heavy atom. The lowest BCUT2D eigenvalue weighted by atomic mass is 10.2. The summed E-state index contributed by atoms with van der Waals surface area (Å²) in [6.45, 7) is 3.71. The largest absolute Gasteiger partial charge is 0.478 e. The van der Waals surface area contributed by atoms with Crippen molar-refractivity contribution in [2.24, 2.45) is 0 Å². The third-order valence-corrected chi connectivity index (χ3v) is 4.94. The van der Waals surface area contributed by atoms with Crippen molar-refractivity contribution >= 4 is 33.3 Å². The maximum Gasteiger partial charge on any atom is 0.337 e. The van der Waals surface area contributed by atoms with Crippen molar-refractivity contribution in [1.82, 2.24) is 0 Å². The van der Waals surface area contributed by atoms with Gasteiger partial charge in [-0.25, -0.2) is 13.2 Å². The van der Waals surface area contributed by atoms with E-state index in [0.29, 0.717) is 12.2 Å². The van der Waals surface area contributed by atoms with Gasteiger partial charge < -0.3 is 10.0 Å². The molecule has 0 unspecified atom stereocenters. The first-order valence-electron chi connectivity index (χ1n) is 7.49. The van der Waals surface area contributed by atoms with Crippen LogP contribution in [-0.4, -0.2) is 31.9 Å². The van der Waals surface area contributed by atoms with Crippen LogP contribution in [0, 0.1) is 0 Å². The zero-order valence-corrected chi connectivity index (χ0v) is 14.6. The SMILES string of the molecule is CCN(C(C)=O)c1ccc(S(=O)(=O)Nc2ccccc2C(=O)O)cc1. The number of carbonyl (C=O) groups is 2. The smallest absolute Gasteiger partial charge is 0.337 e. The maximum atomic E-state index is 12.5. The van der Waals surface area contributed by atoms with E-state index in [-0.39, 0.29) is 22.1 Å². The Balaban J connectivity index is 2.32. The molecule has 1 amide bonds. The highest BCUT2D eigenvalue weighted by Gasteiger charge is 2.19. The van der Waals surface area contributed by atoms with Gasteiger partial charge in [0.25, 0.3) is 10.0 Å². The van der Waals surface area contributed by atoms with Gasteiger partial charge in [0.2, 0.25) is 5.91 Å². The average Bonchev–Trinajstić information content (AvgIpc) is 2.55. The maximum absolute atomic E-state index is 12.5. The summed E-state index contributed by atoms with van der Waals surface area (Å²) in [4.78, 5) is 24.2. The van der Waals surface area contributed by atoms with Crippen LogP contribution in [0.3, 0.4) is 0 Å². The van der Waals surface area contributed by atoms with Crippen LogP contribution in [0.5, 0.6) is 0 Å². The Hall–Kier alpha value is -2.87. The number of carboxylic acid groups (broad SMARTS) is 1. The normalized spacial score (nSPS) is 11.0. The van der Waals surface area contributed by atoms with E-state index in [2.05, 4.69) is 4.72 Å². The summed E-state index contributed by atoms with van der Waals surface area (Å²) in [6, 6.07) is 11.5. The van der Waals surface area contributed by atoms with Gasteiger partial charge >= 0.3 is 5.97 Å². The van der Waals surface area contributed by atoms with Crippen LogP contribution in [0.15, 0.2) is 53.4 Å². The molecule has 0 atom stereocenters. The minimum absolute atomic E-state index is 0.0157. The number of para-hydroxylation sites is 1. The predicted octanol–water partition coefficient (Wildman–Crippen LogP) is 2.56. The van der Waals surface area contributed by atoms with Crippen molar-refractivity contribution < 1.29 is 23.1 Å². The molecule has 2 N–H and O–H groups in total. The average molecular weight is 362 g/mol. The second kappa shape index (κ2) is 7.35. The van der Waals surface area contributed by atoms with E-state index in [0.717, 1.165) is 0 Å². The number of anilines is 2. The monoisotopic (exact) mass is 362 g/mol. The highest BCUT2D eigenvalue weighted by atomic mass is 32.2. The number of benzene rings is 2. The van der Waals surface area contributed by atoms with Crippen molar-refractivity contribution in [3.05, 3.63) is 54.1 Å². The van der Waals surface area contributed by atoms with Gasteiger partial charge in [-0.2, -0.15) is 0 Å². The van der Waals surface area contributed by atoms with E-state index in [1.54, 1.807) is 6.07 Å². The minimum Gasteiger partial charge on any atom is -0.478 e. The molecule has 0 radical (unpaired) electrons. The molecule has 0 aliphatic heterocycles. The summed E-state index contributed by atoms with van der Waals surface area (Å²) in [7, 11) is -3.96. The van der Waals surface area contributed by atoms with Crippen LogP contribution in [-0.2, 0) is 14.8 Å². The second-order valence-electron chi connectivity index (χ2n) is 5.21. The van der Waals surface area contributed by atoms with E-state index >= 15 is 0 Å². The van der Waals surface area contributed by atoms with Crippen molar-refractivity contribution in [2.75, 3.05) is 16.2 Å². The zero-order valence-electron chi connectivity index (χ0n) is 13.8. The van der Waals surface area contributed by atoms with Crippen molar-refractivity contribution in [1.29, 1.82) is 0 Å². The summed E-state index contributed by atoms with van der Waals surface area (Å²) in [5.74, 6) is -1.37. The van der Waals surface area contributed by atoms with Gasteiger partial charge in [-0.3, -0.25) is 9.52 Å². The highest BCUT2D eigenvalue weighted by molar-refractivity contribution is 7.92. The van der Waals surface area contributed by atoms with Crippen LogP contribution < -0.4 is 9.62 Å². The molecule has 0 bridgehead atoms. The fraction of sp³-hybridized carbons (Fsp3) is 0.176. The van der Waals surface area contributed by atoms with E-state index in [1.807, 2.05) is 6.92 Å². The topological polar surface area (TPSA) is 104 Å². The van der Waals surface area contributed by atoms with Crippen molar-refractivity contribution in [2.45, 2.75) is 18.7 Å². The number of nitrogens with one attached hydrogen (secondary N) is 1. The summed E-state index contributed by atoms with van der Waals surface area (Å²) in [6.07, 6.45) is 0. The van der Waals surface area contributed by atoms with Crippen LogP contribution in [0.1, 0.15) is 24.2 Å². The standard InChI is InChI=1S/C17H18N2O5S/c1-3-19(12(2)20)13-8-10-14(11-9-13)25(23,24)18-16-7-5-4-6-15(16)17(21)22/h4-11,18H,3H2,1-2H3,(H,21,22). The molecule has 0 fully saturated rings. The number of carboxylic acids is 1. The Morgan fingerprint density at radius 3 is 2.20 bits per heavy atom. The van der Waals surface area contributed by atoms with Crippen LogP contribution in [0.2, 0.25) is 0 Å². The first kappa shape index (κ1) is 18.5. The first-order chi connectivity index (χ1) is 11.8. The van der Waals surface area contributed by atoms with Gasteiger partial charge in [0.1, 0.15) is 0 Å². The van der Waals surface area contributed by atoms with Gasteiger partial charge in [0.15, 0.2) is 0 Å². The lowest BCUT2D eigenvalue weighted by Gasteiger charge is -2.19. The first-order valence-corrected chi connectivity index (χ1v) is 8.98. The molecule has 0 heterocycles. The molecule has 2 aromatic rings. The molecule has 0 saturated heterocycles. The lowest BCUT2D eigenvalue weighted by Crippen LogP contribution is -2.27. The molecule has 0 spiro atoms. The number of hydrogen-bond donors (Lipinski definition) is 2. The molecule has 0 aliphatic rings. The molecule has 8 heteroatoms. The van der Waals surface area contributed by atoms with E-state index < -0.39 is 16.0 Å². The highest BCUT2D eigenvalue weighted by Crippen LogP contribution is 2.22. The van der Waals surface area contributed by atoms with Crippen LogP contribution >= 0.6 is 0 Å². The van der Waals surface area contributed by atoms with Gasteiger partial charge in [-0.1, -0.05) is 12.1 Å². The third-order valence-electron chi connectivity index (χ3n) is 3.56. The number of rotatable bonds is 6. The zero-order chi connectivity index (χ0) is 18.6. The van der Waals surface area contributed by atoms with Crippen LogP contribution in [0.4, 0.5) is 11.4 Å². The Bertz CT molecular complexity index is 892. The number of nitrogens with zero attached hydrogens (tertiary/aromatic N) is 1. The van der Waals surface area contributed by atoms with E-state index in [4.69, 9.17) is 5.11 Å². The van der Waals surface area contributed by atoms with Crippen molar-refractivity contribution in [3.63, 3.8) is 0 Å². The van der Waals surface area contributed by atoms with Gasteiger partial charge in [-0.15, -0.1) is 0 Å². The van der Waals surface area contributed by atoms with Gasteiger partial charge in [0.05, 0.1) is 16.1 Å². The molecule has 0 saturated carbocycles. The molecule has 0 aromatic heterocycles. The lowest BCUT2D eigenvalue weighted by molar-refractivity contribution is -0.116. The van der Waals surface area contributed by atoms with Gasteiger partial charge in [0, 0.05) is 19.2 Å². The quantitative estimate of drug-likeness (QED) is 0.822. The Kier molecular flexibility index (Phi) is 5.43. The Labute approximate surface area is 146 Å². The number of aromatic carboxylic acids is 1. The summed E-state index contributed by atoms with van der Waals surface area (Å²) >= 11 is 0. The molecule has 25 heavy (non-hydrogen) atoms. The second-order valence-corrected chi connectivity index (χ2v) is 6.90. The van der Waals surface area contributed by atoms with E-state index in [9.17, 15) is 18.0 Å². The summed E-state index contributed by atoms with van der Waals surface area (Å²) in [5.41, 5.74) is 0.425. The third kappa shape index (κ3) is 4.16. The summed E-state index contributed by atoms with van der Waals surface area (Å²) in [5, 5.41) is 9.14. The number of hydrogen-bond acceptors (Lipinski definition) is 4. The number of amides is 1. The molecule has 7 nitrogen and oxygen atoms in total. The van der Waals surface area contributed by atoms with Gasteiger partial charge in [-0.05, 0) is 43.3 Å². The van der Waals surface area contributed by atoms with Crippen LogP contribution in [0.25, 0.3) is 0 Å². The molecule has 132 valence electrons. The molecule has 2 rings (SSSR count). The fourth-order valence-electron chi connectivity index (χ4n) is 2.35. The number of carbonyl (C=O) groups excluding carboxylic acids is 1. The minimum atomic E-state index is -3.96. The molecular weight excluding hydrogens is 344 g/mol. The molecular formula is C17H18N2O5S. The Morgan fingerprint density at radius 2 is 1.68 bits per heavy atom. The predicted molar refractivity (Wildman–Crippen MR) is 94.4 cm³/mol. The summed E-state index contributed by atoms with van der Waals surface area (Å²) < 4.78 is 27.2. The molecule has 0 aliphatic carbocycles.